The van der Waals surface area contributed by atoms with E-state index in [4.69, 9.17) is 36.2 Å². The van der Waals surface area contributed by atoms with Crippen LogP contribution < -0.4 is 44.3 Å². The quantitative estimate of drug-likeness (QED) is 0.00800. The monoisotopic (exact) mass is 1060 g/mol. The molecule has 0 fully saturated rings. The first-order valence-corrected chi connectivity index (χ1v) is 24.0. The molecule has 5 aromatic rings. The van der Waals surface area contributed by atoms with Gasteiger partial charge in [-0.1, -0.05) is 48.8 Å². The van der Waals surface area contributed by atoms with Gasteiger partial charge in [0.2, 0.25) is 5.13 Å². The van der Waals surface area contributed by atoms with E-state index in [0.717, 1.165) is 34.0 Å². The molecule has 0 amide bonds. The zero-order chi connectivity index (χ0) is 48.4. The number of fused-ring (bicyclic) bond motifs is 1. The summed E-state index contributed by atoms with van der Waals surface area (Å²) in [4.78, 5) is 64.7. The number of anilines is 1. The molecule has 5 rings (SSSR count). The third-order valence-electron chi connectivity index (χ3n) is 8.64. The summed E-state index contributed by atoms with van der Waals surface area (Å²) < 4.78 is 45.4. The second kappa shape index (κ2) is 28.6. The maximum absolute atomic E-state index is 13.1. The number of hydrogen-bond acceptors (Lipinski definition) is 17. The molecule has 0 saturated heterocycles. The van der Waals surface area contributed by atoms with Crippen molar-refractivity contribution in [3.63, 3.8) is 0 Å². The number of halogens is 1. The van der Waals surface area contributed by atoms with Gasteiger partial charge in [0.05, 0.1) is 29.6 Å². The van der Waals surface area contributed by atoms with Crippen molar-refractivity contribution in [3.05, 3.63) is 158 Å². The summed E-state index contributed by atoms with van der Waals surface area (Å²) in [6.45, 7) is 11.1. The number of esters is 5. The molecule has 4 aromatic carbocycles. The number of aromatic nitrogens is 1. The molecule has 1 N–H and O–H groups in total. The zero-order valence-corrected chi connectivity index (χ0v) is 39.6. The van der Waals surface area contributed by atoms with Crippen LogP contribution in [0.2, 0.25) is 0 Å². The molecule has 18 heteroatoms. The number of alkyl halides is 1. The van der Waals surface area contributed by atoms with Crippen LogP contribution in [0.25, 0.3) is 22.4 Å². The Hall–Kier alpha value is -7.42. The van der Waals surface area contributed by atoms with Crippen LogP contribution in [-0.4, -0.2) is 84.6 Å². The van der Waals surface area contributed by atoms with Gasteiger partial charge in [0, 0.05) is 24.8 Å². The minimum absolute atomic E-state index is 0.00196. The van der Waals surface area contributed by atoms with Crippen LogP contribution >= 0.6 is 11.3 Å². The van der Waals surface area contributed by atoms with Gasteiger partial charge in [0.1, 0.15) is 18.1 Å². The molecule has 1 heterocycles. The Morgan fingerprint density at radius 2 is 1.32 bits per heavy atom. The minimum atomic E-state index is -0.720. The van der Waals surface area contributed by atoms with Gasteiger partial charge in [-0.3, -0.25) is 5.43 Å². The number of nitrogens with zero attached hydrogens (tertiary/aromatic N) is 2. The zero-order valence-electron chi connectivity index (χ0n) is 36.6. The molecule has 16 nitrogen and oxygen atoms in total. The number of carbonyl (C=O) groups is 5. The van der Waals surface area contributed by atoms with Gasteiger partial charge in [0.25, 0.3) is 0 Å². The number of carbonyl (C=O) groups excluding carboxylic acids is 5. The molecular weight excluding hydrogens is 1010 g/mol. The number of ether oxygens (including phenoxy) is 7. The Morgan fingerprint density at radius 3 is 2.01 bits per heavy atom. The summed E-state index contributed by atoms with van der Waals surface area (Å²) in [5.41, 5.74) is 5.43. The molecule has 0 bridgehead atoms. The molecule has 1 unspecified atom stereocenters. The molecule has 0 aliphatic rings. The van der Waals surface area contributed by atoms with Crippen molar-refractivity contribution in [3.8, 4) is 23.0 Å². The van der Waals surface area contributed by atoms with E-state index in [2.05, 4.69) is 35.2 Å². The van der Waals surface area contributed by atoms with Gasteiger partial charge in [0.15, 0.2) is 6.10 Å². The van der Waals surface area contributed by atoms with E-state index in [1.165, 1.54) is 47.9 Å². The Morgan fingerprint density at radius 1 is 0.691 bits per heavy atom. The second-order valence-corrected chi connectivity index (χ2v) is 16.9. The van der Waals surface area contributed by atoms with Crippen molar-refractivity contribution in [2.75, 3.05) is 42.9 Å². The summed E-state index contributed by atoms with van der Waals surface area (Å²) in [5, 5.41) is 4.85. The Bertz CT molecular complexity index is 2580. The summed E-state index contributed by atoms with van der Waals surface area (Å²) in [6.07, 6.45) is 10.9. The second-order valence-electron chi connectivity index (χ2n) is 13.7. The van der Waals surface area contributed by atoms with E-state index in [-0.39, 0.29) is 37.9 Å². The molecule has 0 radical (unpaired) electrons. The fourth-order valence-corrected chi connectivity index (χ4v) is 7.48. The van der Waals surface area contributed by atoms with Crippen molar-refractivity contribution in [2.24, 2.45) is 5.10 Å². The molecule has 0 aliphatic carbocycles. The van der Waals surface area contributed by atoms with Gasteiger partial charge in [-0.05, 0) is 48.7 Å². The van der Waals surface area contributed by atoms with Crippen molar-refractivity contribution < 1.29 is 81.8 Å². The minimum Gasteiger partial charge on any atom is -0.453 e. The summed E-state index contributed by atoms with van der Waals surface area (Å²) in [5.74, 6) is -1.47. The number of hydrazone groups is 1. The number of benzene rings is 4. The van der Waals surface area contributed by atoms with E-state index >= 15 is 0 Å². The fraction of sp³-hybridized carbons (Fsp3) is 0.180. The Kier molecular flexibility index (Phi) is 21.7. The first kappa shape index (κ1) is 51.6. The topological polar surface area (TPSA) is 196 Å². The van der Waals surface area contributed by atoms with Crippen LogP contribution in [-0.2, 0) is 42.9 Å². The molecule has 1 atom stereocenters. The standard InChI is InChI=1S/C50H47IN3O13S/c1-4-45(55)61-29-10-9-28-60-33-41(65-47(57)6-3)34-63-38-19-13-35(14-20-38)18-26-49(59)66-43-24-23-40(31-37(43)32-52-54-50-53-42-11-7-8-12-44(42)68-50)64-48(58)25-17-36-15-21-39(22-16-36)67-51-27-30-62-46(56)5-2/h4-8,11-26,31-32,41H,1-3,9-10,27-30,33-34H2,(H,53,54)/q-1/b25-17+,26-18+,52-32+. The van der Waals surface area contributed by atoms with E-state index in [9.17, 15) is 24.0 Å². The smallest absolute Gasteiger partial charge is 0.453 e. The number of unbranched alkanes of at least 4 members (excludes halogenated alkanes) is 1. The third-order valence-corrected chi connectivity index (χ3v) is 11.3. The number of thiazole rings is 1. The molecule has 68 heavy (non-hydrogen) atoms. The summed E-state index contributed by atoms with van der Waals surface area (Å²) in [7, 11) is 0. The molecule has 0 aliphatic heterocycles. The van der Waals surface area contributed by atoms with Gasteiger partial charge in [-0.15, -0.1) is 0 Å². The van der Waals surface area contributed by atoms with E-state index in [1.54, 1.807) is 60.7 Å². The summed E-state index contributed by atoms with van der Waals surface area (Å²) in [6, 6.07) is 26.1. The van der Waals surface area contributed by atoms with E-state index in [0.29, 0.717) is 51.6 Å². The van der Waals surface area contributed by atoms with Gasteiger partial charge >= 0.3 is 175 Å². The first-order chi connectivity index (χ1) is 33.1. The van der Waals surface area contributed by atoms with Gasteiger partial charge in [-0.2, -0.15) is 5.10 Å². The number of para-hydroxylation sites is 1. The van der Waals surface area contributed by atoms with Crippen LogP contribution in [0.5, 0.6) is 23.0 Å². The van der Waals surface area contributed by atoms with Gasteiger partial charge < -0.3 is 23.7 Å². The number of hydrogen-bond donors (Lipinski definition) is 1. The van der Waals surface area contributed by atoms with Crippen LogP contribution in [0.4, 0.5) is 5.13 Å². The summed E-state index contributed by atoms with van der Waals surface area (Å²) >= 11 is 0.730. The SMILES string of the molecule is C=CC(=O)OCCCCOCC(COc1ccc(/C=C/C(=O)Oc2ccc(OC(=O)/C=C/c3ccc(O[I-]CCOC(=O)C=C)cc3)cc2/C=N/Nc2nc3ccccc3s2)cc1)OC(=O)C=C. The molecule has 0 saturated carbocycles. The van der Waals surface area contributed by atoms with Gasteiger partial charge in [-0.25, -0.2) is 19.4 Å². The van der Waals surface area contributed by atoms with Crippen molar-refractivity contribution in [1.29, 1.82) is 0 Å². The Balaban J connectivity index is 1.16. The number of nitrogens with one attached hydrogen (secondary N) is 1. The van der Waals surface area contributed by atoms with Crippen molar-refractivity contribution >= 4 is 74.9 Å². The molecule has 354 valence electrons. The van der Waals surface area contributed by atoms with E-state index < -0.39 is 57.6 Å². The van der Waals surface area contributed by atoms with Crippen LogP contribution in [0.3, 0.4) is 0 Å². The van der Waals surface area contributed by atoms with Crippen LogP contribution in [0, 0.1) is 0 Å². The third kappa shape index (κ3) is 18.8. The fourth-order valence-electron chi connectivity index (χ4n) is 5.39. The van der Waals surface area contributed by atoms with Crippen LogP contribution in [0.1, 0.15) is 29.5 Å². The van der Waals surface area contributed by atoms with E-state index in [1.807, 2.05) is 24.3 Å². The molecule has 0 spiro atoms. The average molecular weight is 1060 g/mol. The first-order valence-electron chi connectivity index (χ1n) is 20.8. The van der Waals surface area contributed by atoms with Crippen molar-refractivity contribution in [1.82, 2.24) is 4.98 Å². The Labute approximate surface area is 407 Å². The average Bonchev–Trinajstić information content (AvgIpc) is 3.78. The predicted octanol–water partition coefficient (Wildman–Crippen LogP) is 5.09. The predicted molar refractivity (Wildman–Crippen MR) is 253 cm³/mol. The van der Waals surface area contributed by atoms with Crippen LogP contribution in [0.15, 0.2) is 146 Å². The molecule has 1 aromatic heterocycles. The normalized spacial score (nSPS) is 11.5. The number of rotatable bonds is 28. The van der Waals surface area contributed by atoms with Crippen molar-refractivity contribution in [2.45, 2.75) is 18.9 Å². The maximum atomic E-state index is 13.1. The molecular formula is C50H47IN3O13S-.